The summed E-state index contributed by atoms with van der Waals surface area (Å²) in [5.41, 5.74) is 8.04. The second-order valence-corrected chi connectivity index (χ2v) is 3.48. The second kappa shape index (κ2) is 4.26. The number of nitrogens with zero attached hydrogens (tertiary/aromatic N) is 1. The molecule has 2 nitrogen and oxygen atoms in total. The van der Waals surface area contributed by atoms with Crippen molar-refractivity contribution in [2.75, 3.05) is 5.73 Å². The molecule has 0 saturated heterocycles. The van der Waals surface area contributed by atoms with E-state index >= 15 is 0 Å². The van der Waals surface area contributed by atoms with E-state index in [4.69, 9.17) is 5.73 Å². The average molecular weight is 178 g/mol. The van der Waals surface area contributed by atoms with Crippen LogP contribution in [0, 0.1) is 6.92 Å². The van der Waals surface area contributed by atoms with Gasteiger partial charge in [0.05, 0.1) is 0 Å². The van der Waals surface area contributed by atoms with E-state index in [1.807, 2.05) is 13.0 Å². The highest BCUT2D eigenvalue weighted by molar-refractivity contribution is 5.36. The minimum Gasteiger partial charge on any atom is -0.384 e. The van der Waals surface area contributed by atoms with Gasteiger partial charge in [-0.2, -0.15) is 0 Å². The SMILES string of the molecule is CCC(CC)c1cc(C)nc(N)c1. The zero-order chi connectivity index (χ0) is 9.84. The van der Waals surface area contributed by atoms with E-state index in [9.17, 15) is 0 Å². The predicted octanol–water partition coefficient (Wildman–Crippen LogP) is 2.88. The number of aromatic nitrogens is 1. The lowest BCUT2D eigenvalue weighted by atomic mass is 9.94. The largest absolute Gasteiger partial charge is 0.384 e. The fraction of sp³-hybridized carbons (Fsp3) is 0.545. The van der Waals surface area contributed by atoms with Gasteiger partial charge in [0.15, 0.2) is 0 Å². The zero-order valence-corrected chi connectivity index (χ0v) is 8.67. The van der Waals surface area contributed by atoms with Gasteiger partial charge in [0, 0.05) is 5.69 Å². The Bertz CT molecular complexity index is 257. The van der Waals surface area contributed by atoms with Gasteiger partial charge in [-0.05, 0) is 43.4 Å². The highest BCUT2D eigenvalue weighted by Crippen LogP contribution is 2.24. The van der Waals surface area contributed by atoms with Crippen molar-refractivity contribution in [3.63, 3.8) is 0 Å². The van der Waals surface area contributed by atoms with E-state index in [0.717, 1.165) is 5.69 Å². The molecule has 0 amide bonds. The van der Waals surface area contributed by atoms with E-state index in [-0.39, 0.29) is 0 Å². The molecule has 0 aromatic carbocycles. The van der Waals surface area contributed by atoms with Gasteiger partial charge >= 0.3 is 0 Å². The van der Waals surface area contributed by atoms with Crippen LogP contribution in [0.2, 0.25) is 0 Å². The number of pyridine rings is 1. The van der Waals surface area contributed by atoms with Crippen molar-refractivity contribution >= 4 is 5.82 Å². The van der Waals surface area contributed by atoms with Crippen LogP contribution in [-0.2, 0) is 0 Å². The lowest BCUT2D eigenvalue weighted by molar-refractivity contribution is 0.640. The first-order valence-electron chi connectivity index (χ1n) is 4.91. The van der Waals surface area contributed by atoms with Crippen molar-refractivity contribution in [3.05, 3.63) is 23.4 Å². The molecule has 1 aromatic heterocycles. The minimum absolute atomic E-state index is 0.629. The van der Waals surface area contributed by atoms with Crippen LogP contribution in [0.25, 0.3) is 0 Å². The summed E-state index contributed by atoms with van der Waals surface area (Å²) in [5, 5.41) is 0. The van der Waals surface area contributed by atoms with Crippen molar-refractivity contribution in [2.24, 2.45) is 0 Å². The Morgan fingerprint density at radius 1 is 1.31 bits per heavy atom. The number of nitrogen functional groups attached to an aromatic ring is 1. The molecule has 1 rings (SSSR count). The average Bonchev–Trinajstić information content (AvgIpc) is 2.04. The summed E-state index contributed by atoms with van der Waals surface area (Å²) < 4.78 is 0. The molecule has 0 aliphatic carbocycles. The summed E-state index contributed by atoms with van der Waals surface area (Å²) >= 11 is 0. The van der Waals surface area contributed by atoms with E-state index in [0.29, 0.717) is 11.7 Å². The Kier molecular flexibility index (Phi) is 3.29. The van der Waals surface area contributed by atoms with Crippen molar-refractivity contribution in [2.45, 2.75) is 39.5 Å². The summed E-state index contributed by atoms with van der Waals surface area (Å²) in [4.78, 5) is 4.16. The smallest absolute Gasteiger partial charge is 0.123 e. The molecule has 0 bridgehead atoms. The van der Waals surface area contributed by atoms with E-state index in [1.54, 1.807) is 0 Å². The highest BCUT2D eigenvalue weighted by atomic mass is 14.8. The van der Waals surface area contributed by atoms with Crippen LogP contribution in [0.5, 0.6) is 0 Å². The van der Waals surface area contributed by atoms with Gasteiger partial charge in [-0.25, -0.2) is 4.98 Å². The summed E-state index contributed by atoms with van der Waals surface area (Å²) in [6, 6.07) is 4.12. The number of anilines is 1. The molecule has 0 aliphatic heterocycles. The molecule has 1 aromatic rings. The normalized spacial score (nSPS) is 10.8. The van der Waals surface area contributed by atoms with Crippen LogP contribution in [-0.4, -0.2) is 4.98 Å². The van der Waals surface area contributed by atoms with Gasteiger partial charge in [0.2, 0.25) is 0 Å². The van der Waals surface area contributed by atoms with Crippen LogP contribution in [0.3, 0.4) is 0 Å². The maximum absolute atomic E-state index is 5.70. The molecule has 0 aliphatic rings. The van der Waals surface area contributed by atoms with Gasteiger partial charge in [-0.1, -0.05) is 13.8 Å². The molecule has 0 fully saturated rings. The molecular formula is C11H18N2. The second-order valence-electron chi connectivity index (χ2n) is 3.48. The summed E-state index contributed by atoms with van der Waals surface area (Å²) in [7, 11) is 0. The Labute approximate surface area is 80.2 Å². The molecular weight excluding hydrogens is 160 g/mol. The summed E-state index contributed by atoms with van der Waals surface area (Å²) in [5.74, 6) is 1.27. The number of rotatable bonds is 3. The number of nitrogens with two attached hydrogens (primary N) is 1. The Morgan fingerprint density at radius 2 is 1.92 bits per heavy atom. The minimum atomic E-state index is 0.629. The Hall–Kier alpha value is -1.05. The third kappa shape index (κ3) is 2.44. The molecule has 1 heterocycles. The lowest BCUT2D eigenvalue weighted by Gasteiger charge is -2.13. The van der Waals surface area contributed by atoms with Gasteiger partial charge in [0.25, 0.3) is 0 Å². The third-order valence-corrected chi connectivity index (χ3v) is 2.45. The monoisotopic (exact) mass is 178 g/mol. The van der Waals surface area contributed by atoms with Crippen molar-refractivity contribution in [3.8, 4) is 0 Å². The zero-order valence-electron chi connectivity index (χ0n) is 8.67. The standard InChI is InChI=1S/C11H18N2/c1-4-9(5-2)10-6-8(3)13-11(12)7-10/h6-7,9H,4-5H2,1-3H3,(H2,12,13). The van der Waals surface area contributed by atoms with E-state index in [2.05, 4.69) is 24.9 Å². The molecule has 13 heavy (non-hydrogen) atoms. The number of hydrogen-bond donors (Lipinski definition) is 1. The van der Waals surface area contributed by atoms with Gasteiger partial charge in [0.1, 0.15) is 5.82 Å². The van der Waals surface area contributed by atoms with Crippen molar-refractivity contribution < 1.29 is 0 Å². The highest BCUT2D eigenvalue weighted by Gasteiger charge is 2.07. The molecule has 2 heteroatoms. The van der Waals surface area contributed by atoms with Crippen LogP contribution < -0.4 is 5.73 Å². The number of hydrogen-bond acceptors (Lipinski definition) is 2. The number of aryl methyl sites for hydroxylation is 1. The Morgan fingerprint density at radius 3 is 2.38 bits per heavy atom. The molecule has 0 unspecified atom stereocenters. The third-order valence-electron chi connectivity index (χ3n) is 2.45. The molecule has 0 radical (unpaired) electrons. The first-order chi connectivity index (χ1) is 6.17. The first kappa shape index (κ1) is 10.0. The van der Waals surface area contributed by atoms with E-state index in [1.165, 1.54) is 18.4 Å². The van der Waals surface area contributed by atoms with Crippen molar-refractivity contribution in [1.29, 1.82) is 0 Å². The maximum Gasteiger partial charge on any atom is 0.123 e. The van der Waals surface area contributed by atoms with Crippen LogP contribution >= 0.6 is 0 Å². The van der Waals surface area contributed by atoms with Gasteiger partial charge in [-0.15, -0.1) is 0 Å². The quantitative estimate of drug-likeness (QED) is 0.773. The Balaban J connectivity index is 2.99. The molecule has 72 valence electrons. The molecule has 0 spiro atoms. The first-order valence-corrected chi connectivity index (χ1v) is 4.91. The van der Waals surface area contributed by atoms with Crippen LogP contribution in [0.1, 0.15) is 43.9 Å². The lowest BCUT2D eigenvalue weighted by Crippen LogP contribution is -2.00. The van der Waals surface area contributed by atoms with Crippen LogP contribution in [0.15, 0.2) is 12.1 Å². The predicted molar refractivity (Wildman–Crippen MR) is 56.7 cm³/mol. The van der Waals surface area contributed by atoms with Crippen molar-refractivity contribution in [1.82, 2.24) is 4.98 Å². The van der Waals surface area contributed by atoms with Crippen LogP contribution in [0.4, 0.5) is 5.82 Å². The van der Waals surface area contributed by atoms with Gasteiger partial charge in [-0.3, -0.25) is 0 Å². The van der Waals surface area contributed by atoms with Gasteiger partial charge < -0.3 is 5.73 Å². The van der Waals surface area contributed by atoms with E-state index < -0.39 is 0 Å². The fourth-order valence-electron chi connectivity index (χ4n) is 1.72. The summed E-state index contributed by atoms with van der Waals surface area (Å²) in [6.07, 6.45) is 2.33. The molecule has 0 atom stereocenters. The fourth-order valence-corrected chi connectivity index (χ4v) is 1.72. The summed E-state index contributed by atoms with van der Waals surface area (Å²) in [6.45, 7) is 6.41. The topological polar surface area (TPSA) is 38.9 Å². The molecule has 0 saturated carbocycles. The molecule has 2 N–H and O–H groups in total. The maximum atomic E-state index is 5.70.